The summed E-state index contributed by atoms with van der Waals surface area (Å²) in [6, 6.07) is 15.7. The van der Waals surface area contributed by atoms with Gasteiger partial charge in [-0.25, -0.2) is 0 Å². The molecule has 2 heterocycles. The lowest BCUT2D eigenvalue weighted by molar-refractivity contribution is -0.128. The molecule has 2 amide bonds. The van der Waals surface area contributed by atoms with E-state index < -0.39 is 0 Å². The summed E-state index contributed by atoms with van der Waals surface area (Å²) in [7, 11) is 0. The van der Waals surface area contributed by atoms with E-state index in [1.165, 1.54) is 0 Å². The Labute approximate surface area is 182 Å². The number of rotatable bonds is 5. The molecule has 3 aromatic rings. The zero-order valence-electron chi connectivity index (χ0n) is 15.1. The summed E-state index contributed by atoms with van der Waals surface area (Å²) >= 11 is 13.5. The fourth-order valence-corrected chi connectivity index (χ4v) is 4.81. The molecule has 0 radical (unpaired) electrons. The summed E-state index contributed by atoms with van der Waals surface area (Å²) in [6.07, 6.45) is 1.60. The molecule has 8 heteroatoms. The highest BCUT2D eigenvalue weighted by Crippen LogP contribution is 2.39. The lowest BCUT2D eigenvalue weighted by Gasteiger charge is -2.23. The van der Waals surface area contributed by atoms with Crippen molar-refractivity contribution in [3.8, 4) is 0 Å². The van der Waals surface area contributed by atoms with Crippen molar-refractivity contribution in [1.82, 2.24) is 4.90 Å². The summed E-state index contributed by atoms with van der Waals surface area (Å²) in [5.74, 6) is 0.957. The molecule has 1 aliphatic heterocycles. The standard InChI is InChI=1S/C21H16Cl2N2O3S/c22-15-8-16(23)10-17(9-15)24-20(27)13-3-5-14(6-4-13)21-25(19(26)12-29-21)11-18-2-1-7-28-18/h1-10,21H,11-12H2,(H,24,27). The van der Waals surface area contributed by atoms with Crippen LogP contribution in [0.4, 0.5) is 5.69 Å². The third kappa shape index (κ3) is 4.61. The first kappa shape index (κ1) is 19.9. The number of nitrogens with zero attached hydrogens (tertiary/aromatic N) is 1. The maximum Gasteiger partial charge on any atom is 0.255 e. The number of amides is 2. The van der Waals surface area contributed by atoms with Crippen LogP contribution in [0.2, 0.25) is 10.0 Å². The van der Waals surface area contributed by atoms with E-state index in [1.54, 1.807) is 59.3 Å². The Morgan fingerprint density at radius 1 is 1.14 bits per heavy atom. The van der Waals surface area contributed by atoms with Gasteiger partial charge in [-0.2, -0.15) is 0 Å². The Morgan fingerprint density at radius 3 is 2.52 bits per heavy atom. The van der Waals surface area contributed by atoms with E-state index in [-0.39, 0.29) is 17.2 Å². The fourth-order valence-electron chi connectivity index (χ4n) is 3.10. The minimum Gasteiger partial charge on any atom is -0.467 e. The number of carbonyl (C=O) groups excluding carboxylic acids is 2. The molecule has 4 rings (SSSR count). The van der Waals surface area contributed by atoms with Gasteiger partial charge in [0.05, 0.1) is 18.6 Å². The zero-order valence-corrected chi connectivity index (χ0v) is 17.4. The molecule has 1 aromatic heterocycles. The molecule has 0 aliphatic carbocycles. The zero-order chi connectivity index (χ0) is 20.4. The predicted octanol–water partition coefficient (Wildman–Crippen LogP) is 5.61. The monoisotopic (exact) mass is 446 g/mol. The molecule has 1 unspecified atom stereocenters. The van der Waals surface area contributed by atoms with Crippen LogP contribution in [0.1, 0.15) is 27.1 Å². The SMILES string of the molecule is O=C(Nc1cc(Cl)cc(Cl)c1)c1ccc(C2SCC(=O)N2Cc2ccco2)cc1. The molecule has 2 aromatic carbocycles. The van der Waals surface area contributed by atoms with Gasteiger partial charge >= 0.3 is 0 Å². The Kier molecular flexibility index (Phi) is 5.85. The second kappa shape index (κ2) is 8.53. The summed E-state index contributed by atoms with van der Waals surface area (Å²) in [5, 5.41) is 3.56. The van der Waals surface area contributed by atoms with E-state index >= 15 is 0 Å². The normalized spacial score (nSPS) is 16.3. The third-order valence-corrected chi connectivity index (χ3v) is 6.15. The molecular formula is C21H16Cl2N2O3S. The van der Waals surface area contributed by atoms with E-state index in [0.717, 1.165) is 11.3 Å². The van der Waals surface area contributed by atoms with Gasteiger partial charge in [0.25, 0.3) is 5.91 Å². The molecule has 1 aliphatic rings. The summed E-state index contributed by atoms with van der Waals surface area (Å²) < 4.78 is 5.38. The smallest absolute Gasteiger partial charge is 0.255 e. The van der Waals surface area contributed by atoms with Crippen LogP contribution in [0, 0.1) is 0 Å². The number of halogens is 2. The second-order valence-electron chi connectivity index (χ2n) is 6.50. The van der Waals surface area contributed by atoms with Crippen molar-refractivity contribution in [3.05, 3.63) is 87.8 Å². The third-order valence-electron chi connectivity index (χ3n) is 4.45. The fraction of sp³-hybridized carbons (Fsp3) is 0.143. The van der Waals surface area contributed by atoms with Gasteiger partial charge in [0.15, 0.2) is 0 Å². The van der Waals surface area contributed by atoms with Crippen molar-refractivity contribution in [2.24, 2.45) is 0 Å². The van der Waals surface area contributed by atoms with Gasteiger partial charge in [0.1, 0.15) is 11.1 Å². The molecule has 0 bridgehead atoms. The van der Waals surface area contributed by atoms with Crippen molar-refractivity contribution in [2.45, 2.75) is 11.9 Å². The van der Waals surface area contributed by atoms with Gasteiger partial charge < -0.3 is 14.6 Å². The van der Waals surface area contributed by atoms with Gasteiger partial charge in [0.2, 0.25) is 5.91 Å². The molecule has 148 valence electrons. The van der Waals surface area contributed by atoms with E-state index in [2.05, 4.69) is 5.32 Å². The Balaban J connectivity index is 1.48. The molecule has 29 heavy (non-hydrogen) atoms. The number of nitrogens with one attached hydrogen (secondary N) is 1. The first-order chi connectivity index (χ1) is 14.0. The number of hydrogen-bond acceptors (Lipinski definition) is 4. The summed E-state index contributed by atoms with van der Waals surface area (Å²) in [6.45, 7) is 0.418. The van der Waals surface area contributed by atoms with Crippen LogP contribution in [-0.2, 0) is 11.3 Å². The highest BCUT2D eigenvalue weighted by Gasteiger charge is 2.33. The second-order valence-corrected chi connectivity index (χ2v) is 8.44. The first-order valence-corrected chi connectivity index (χ1v) is 10.6. The number of anilines is 1. The maximum atomic E-state index is 12.5. The van der Waals surface area contributed by atoms with E-state index in [4.69, 9.17) is 27.6 Å². The molecular weight excluding hydrogens is 431 g/mol. The number of furan rings is 1. The van der Waals surface area contributed by atoms with Crippen LogP contribution < -0.4 is 5.32 Å². The highest BCUT2D eigenvalue weighted by atomic mass is 35.5. The van der Waals surface area contributed by atoms with Gasteiger partial charge in [-0.05, 0) is 48.0 Å². The van der Waals surface area contributed by atoms with E-state index in [0.29, 0.717) is 33.6 Å². The molecule has 1 fully saturated rings. The molecule has 5 nitrogen and oxygen atoms in total. The molecule has 1 N–H and O–H groups in total. The van der Waals surface area contributed by atoms with Gasteiger partial charge in [-0.1, -0.05) is 35.3 Å². The van der Waals surface area contributed by atoms with Crippen LogP contribution in [0.5, 0.6) is 0 Å². The number of benzene rings is 2. The predicted molar refractivity (Wildman–Crippen MR) is 115 cm³/mol. The van der Waals surface area contributed by atoms with Crippen LogP contribution in [-0.4, -0.2) is 22.5 Å². The van der Waals surface area contributed by atoms with E-state index in [9.17, 15) is 9.59 Å². The maximum absolute atomic E-state index is 12.5. The average Bonchev–Trinajstić information content (AvgIpc) is 3.32. The Bertz CT molecular complexity index is 1020. The highest BCUT2D eigenvalue weighted by molar-refractivity contribution is 8.00. The topological polar surface area (TPSA) is 62.6 Å². The Hall–Kier alpha value is -2.41. The molecule has 0 spiro atoms. The summed E-state index contributed by atoms with van der Waals surface area (Å²) in [4.78, 5) is 26.6. The van der Waals surface area contributed by atoms with Crippen molar-refractivity contribution in [3.63, 3.8) is 0 Å². The van der Waals surface area contributed by atoms with Gasteiger partial charge in [0, 0.05) is 21.3 Å². The lowest BCUT2D eigenvalue weighted by atomic mass is 10.1. The van der Waals surface area contributed by atoms with Crippen molar-refractivity contribution >= 4 is 52.5 Å². The van der Waals surface area contributed by atoms with Crippen molar-refractivity contribution in [2.75, 3.05) is 11.1 Å². The molecule has 0 saturated carbocycles. The van der Waals surface area contributed by atoms with Gasteiger partial charge in [-0.3, -0.25) is 9.59 Å². The number of carbonyl (C=O) groups is 2. The lowest BCUT2D eigenvalue weighted by Crippen LogP contribution is -2.27. The van der Waals surface area contributed by atoms with E-state index in [1.807, 2.05) is 18.2 Å². The minimum absolute atomic E-state index is 0.0658. The molecule has 1 atom stereocenters. The largest absolute Gasteiger partial charge is 0.467 e. The number of thioether (sulfide) groups is 1. The van der Waals surface area contributed by atoms with Gasteiger partial charge in [-0.15, -0.1) is 11.8 Å². The van der Waals surface area contributed by atoms with Crippen LogP contribution in [0.3, 0.4) is 0 Å². The van der Waals surface area contributed by atoms with Crippen LogP contribution in [0.15, 0.2) is 65.3 Å². The molecule has 1 saturated heterocycles. The summed E-state index contributed by atoms with van der Waals surface area (Å²) in [5.41, 5.74) is 1.98. The average molecular weight is 447 g/mol. The first-order valence-electron chi connectivity index (χ1n) is 8.80. The van der Waals surface area contributed by atoms with Crippen molar-refractivity contribution < 1.29 is 14.0 Å². The quantitative estimate of drug-likeness (QED) is 0.552. The van der Waals surface area contributed by atoms with Crippen molar-refractivity contribution in [1.29, 1.82) is 0 Å². The Morgan fingerprint density at radius 2 is 1.86 bits per heavy atom. The minimum atomic E-state index is -0.266. The number of hydrogen-bond donors (Lipinski definition) is 1. The van der Waals surface area contributed by atoms with Crippen LogP contribution >= 0.6 is 35.0 Å². The van der Waals surface area contributed by atoms with Crippen LogP contribution in [0.25, 0.3) is 0 Å².